The van der Waals surface area contributed by atoms with Gasteiger partial charge >= 0.3 is 0 Å². The Morgan fingerprint density at radius 1 is 1.12 bits per heavy atom. The first-order chi connectivity index (χ1) is 15.5. The summed E-state index contributed by atoms with van der Waals surface area (Å²) < 4.78 is 5.54. The fourth-order valence-corrected chi connectivity index (χ4v) is 4.36. The van der Waals surface area contributed by atoms with Gasteiger partial charge in [-0.2, -0.15) is 0 Å². The molecule has 0 saturated carbocycles. The normalized spacial score (nSPS) is 19.2. The second-order valence-electron chi connectivity index (χ2n) is 7.80. The second-order valence-corrected chi connectivity index (χ2v) is 8.21. The van der Waals surface area contributed by atoms with Crippen LogP contribution in [0.15, 0.2) is 66.5 Å². The van der Waals surface area contributed by atoms with Crippen LogP contribution in [-0.4, -0.2) is 28.4 Å². The third-order valence-electron chi connectivity index (χ3n) is 5.86. The zero-order valence-electron chi connectivity index (χ0n) is 17.2. The number of aliphatic hydroxyl groups excluding tert-OH is 1. The molecular weight excluding hydrogens is 428 g/mol. The number of rotatable bonds is 3. The molecule has 1 amide bonds. The van der Waals surface area contributed by atoms with Gasteiger partial charge in [0.25, 0.3) is 11.7 Å². The molecule has 6 nitrogen and oxygen atoms in total. The van der Waals surface area contributed by atoms with Gasteiger partial charge < -0.3 is 9.84 Å². The standard InChI is InChI=1S/C25H19ClN2O4/c1-14-2-4-18(13-19(14)26)28-22(15-6-9-27-10-7-15)21(24(30)25(28)31)23(29)17-3-5-20-16(12-17)8-11-32-20/h2-7,9-10,12-13,22,29H,8,11H2,1H3/b23-21-. The van der Waals surface area contributed by atoms with Crippen molar-refractivity contribution < 1.29 is 19.4 Å². The smallest absolute Gasteiger partial charge is 0.300 e. The van der Waals surface area contributed by atoms with E-state index in [-0.39, 0.29) is 11.3 Å². The topological polar surface area (TPSA) is 79.7 Å². The van der Waals surface area contributed by atoms with Gasteiger partial charge in [0, 0.05) is 35.1 Å². The minimum Gasteiger partial charge on any atom is -0.507 e. The summed E-state index contributed by atoms with van der Waals surface area (Å²) in [5.41, 5.74) is 3.43. The lowest BCUT2D eigenvalue weighted by Crippen LogP contribution is -2.29. The lowest BCUT2D eigenvalue weighted by Gasteiger charge is -2.25. The van der Waals surface area contributed by atoms with E-state index in [2.05, 4.69) is 4.98 Å². The number of halogens is 1. The van der Waals surface area contributed by atoms with E-state index in [1.807, 2.05) is 6.92 Å². The number of benzene rings is 2. The Bertz CT molecular complexity index is 1290. The number of ketones is 1. The second kappa shape index (κ2) is 7.80. The number of Topliss-reactive ketones (excluding diaryl/α,β-unsaturated/α-hetero) is 1. The van der Waals surface area contributed by atoms with Gasteiger partial charge in [-0.3, -0.25) is 19.5 Å². The zero-order valence-corrected chi connectivity index (χ0v) is 18.0. The molecule has 1 unspecified atom stereocenters. The number of amides is 1. The van der Waals surface area contributed by atoms with Crippen molar-refractivity contribution in [3.8, 4) is 5.75 Å². The molecule has 1 aromatic heterocycles. The number of ether oxygens (including phenoxy) is 1. The van der Waals surface area contributed by atoms with E-state index < -0.39 is 17.7 Å². The molecule has 3 aromatic rings. The fraction of sp³-hybridized carbons (Fsp3) is 0.160. The summed E-state index contributed by atoms with van der Waals surface area (Å²) >= 11 is 6.31. The number of aryl methyl sites for hydroxylation is 1. The van der Waals surface area contributed by atoms with Crippen molar-refractivity contribution in [3.63, 3.8) is 0 Å². The minimum absolute atomic E-state index is 0.0248. The Morgan fingerprint density at radius 2 is 1.91 bits per heavy atom. The molecule has 0 aliphatic carbocycles. The molecule has 1 N–H and O–H groups in total. The highest BCUT2D eigenvalue weighted by Gasteiger charge is 2.47. The van der Waals surface area contributed by atoms with Crippen LogP contribution in [0.4, 0.5) is 5.69 Å². The lowest BCUT2D eigenvalue weighted by atomic mass is 9.95. The number of hydrogen-bond donors (Lipinski definition) is 1. The highest BCUT2D eigenvalue weighted by molar-refractivity contribution is 6.51. The van der Waals surface area contributed by atoms with Gasteiger partial charge in [0.15, 0.2) is 0 Å². The van der Waals surface area contributed by atoms with E-state index in [4.69, 9.17) is 16.3 Å². The van der Waals surface area contributed by atoms with E-state index in [0.29, 0.717) is 28.4 Å². The van der Waals surface area contributed by atoms with Gasteiger partial charge in [0.2, 0.25) is 0 Å². The number of pyridine rings is 1. The number of anilines is 1. The highest BCUT2D eigenvalue weighted by Crippen LogP contribution is 2.43. The predicted octanol–water partition coefficient (Wildman–Crippen LogP) is 4.60. The van der Waals surface area contributed by atoms with Gasteiger partial charge in [-0.15, -0.1) is 0 Å². The van der Waals surface area contributed by atoms with Crippen LogP contribution in [-0.2, 0) is 16.0 Å². The first-order valence-corrected chi connectivity index (χ1v) is 10.6. The van der Waals surface area contributed by atoms with Gasteiger partial charge in [-0.1, -0.05) is 17.7 Å². The van der Waals surface area contributed by atoms with E-state index >= 15 is 0 Å². The molecule has 2 aliphatic rings. The molecule has 1 atom stereocenters. The van der Waals surface area contributed by atoms with E-state index in [9.17, 15) is 14.7 Å². The molecular formula is C25H19ClN2O4. The largest absolute Gasteiger partial charge is 0.507 e. The molecule has 1 saturated heterocycles. The van der Waals surface area contributed by atoms with Crippen molar-refractivity contribution >= 4 is 34.7 Å². The van der Waals surface area contributed by atoms with Crippen LogP contribution in [0.1, 0.15) is 28.3 Å². The summed E-state index contributed by atoms with van der Waals surface area (Å²) in [6.45, 7) is 2.44. The van der Waals surface area contributed by atoms with Gasteiger partial charge in [0.1, 0.15) is 11.5 Å². The van der Waals surface area contributed by atoms with Crippen LogP contribution in [0.2, 0.25) is 5.02 Å². The molecule has 2 aliphatic heterocycles. The van der Waals surface area contributed by atoms with Crippen LogP contribution in [0.25, 0.3) is 5.76 Å². The van der Waals surface area contributed by atoms with Crippen LogP contribution in [0.3, 0.4) is 0 Å². The monoisotopic (exact) mass is 446 g/mol. The van der Waals surface area contributed by atoms with Gasteiger partial charge in [-0.05, 0) is 66.1 Å². The van der Waals surface area contributed by atoms with E-state index in [1.54, 1.807) is 60.9 Å². The number of aromatic nitrogens is 1. The molecule has 0 bridgehead atoms. The number of carbonyl (C=O) groups excluding carboxylic acids is 2. The summed E-state index contributed by atoms with van der Waals surface area (Å²) in [6, 6.07) is 13.1. The average Bonchev–Trinajstić information content (AvgIpc) is 3.38. The van der Waals surface area contributed by atoms with E-state index in [1.165, 1.54) is 4.90 Å². The molecule has 3 heterocycles. The minimum atomic E-state index is -0.818. The Kier molecular flexibility index (Phi) is 4.94. The van der Waals surface area contributed by atoms with Crippen LogP contribution >= 0.6 is 11.6 Å². The summed E-state index contributed by atoms with van der Waals surface area (Å²) in [5, 5.41) is 11.7. The first kappa shape index (κ1) is 20.3. The molecule has 160 valence electrons. The van der Waals surface area contributed by atoms with Crippen molar-refractivity contribution in [1.82, 2.24) is 4.98 Å². The van der Waals surface area contributed by atoms with Crippen molar-refractivity contribution in [2.24, 2.45) is 0 Å². The third-order valence-corrected chi connectivity index (χ3v) is 6.27. The van der Waals surface area contributed by atoms with Crippen LogP contribution in [0, 0.1) is 6.92 Å². The number of fused-ring (bicyclic) bond motifs is 1. The fourth-order valence-electron chi connectivity index (χ4n) is 4.18. The number of carbonyl (C=O) groups is 2. The zero-order chi connectivity index (χ0) is 22.4. The first-order valence-electron chi connectivity index (χ1n) is 10.2. The Labute approximate surface area is 189 Å². The maximum Gasteiger partial charge on any atom is 0.300 e. The molecule has 2 aromatic carbocycles. The number of hydrogen-bond acceptors (Lipinski definition) is 5. The van der Waals surface area contributed by atoms with Crippen molar-refractivity contribution in [1.29, 1.82) is 0 Å². The maximum atomic E-state index is 13.2. The predicted molar refractivity (Wildman–Crippen MR) is 121 cm³/mol. The van der Waals surface area contributed by atoms with Crippen molar-refractivity contribution in [2.75, 3.05) is 11.5 Å². The summed E-state index contributed by atoms with van der Waals surface area (Å²) in [7, 11) is 0. The molecule has 0 spiro atoms. The Balaban J connectivity index is 1.70. The summed E-state index contributed by atoms with van der Waals surface area (Å²) in [6.07, 6.45) is 3.90. The average molecular weight is 447 g/mol. The molecule has 5 rings (SSSR count). The summed E-state index contributed by atoms with van der Waals surface area (Å²) in [4.78, 5) is 31.8. The van der Waals surface area contributed by atoms with E-state index in [0.717, 1.165) is 23.3 Å². The number of nitrogens with zero attached hydrogens (tertiary/aromatic N) is 2. The molecule has 7 heteroatoms. The van der Waals surface area contributed by atoms with Gasteiger partial charge in [0.05, 0.1) is 18.2 Å². The maximum absolute atomic E-state index is 13.2. The lowest BCUT2D eigenvalue weighted by molar-refractivity contribution is -0.132. The van der Waals surface area contributed by atoms with Crippen molar-refractivity contribution in [2.45, 2.75) is 19.4 Å². The SMILES string of the molecule is Cc1ccc(N2C(=O)C(=O)/C(=C(\O)c3ccc4c(c3)CCO4)C2c2ccncc2)cc1Cl. The highest BCUT2D eigenvalue weighted by atomic mass is 35.5. The molecule has 1 fully saturated rings. The molecule has 32 heavy (non-hydrogen) atoms. The third kappa shape index (κ3) is 3.24. The molecule has 0 radical (unpaired) electrons. The Morgan fingerprint density at radius 3 is 2.66 bits per heavy atom. The van der Waals surface area contributed by atoms with Gasteiger partial charge in [-0.25, -0.2) is 0 Å². The number of aliphatic hydroxyl groups is 1. The van der Waals surface area contributed by atoms with Crippen molar-refractivity contribution in [3.05, 3.63) is 93.8 Å². The summed E-state index contributed by atoms with van der Waals surface area (Å²) in [5.74, 6) is -0.932. The Hall–Kier alpha value is -3.64. The van der Waals surface area contributed by atoms with Crippen LogP contribution in [0.5, 0.6) is 5.75 Å². The quantitative estimate of drug-likeness (QED) is 0.361. The van der Waals surface area contributed by atoms with Crippen LogP contribution < -0.4 is 9.64 Å².